The third kappa shape index (κ3) is 2.36. The number of hydrogen-bond acceptors (Lipinski definition) is 6. The molecule has 0 aliphatic carbocycles. The smallest absolute Gasteiger partial charge is 0.246 e. The maximum absolute atomic E-state index is 13.7. The van der Waals surface area contributed by atoms with Crippen molar-refractivity contribution in [1.29, 1.82) is 0 Å². The number of fused-ring (bicyclic) bond motifs is 4. The normalized spacial score (nSPS) is 19.7. The minimum atomic E-state index is -1.07. The van der Waals surface area contributed by atoms with Gasteiger partial charge < -0.3 is 24.3 Å². The third-order valence-corrected chi connectivity index (χ3v) is 5.63. The van der Waals surface area contributed by atoms with Crippen molar-refractivity contribution in [2.45, 2.75) is 31.7 Å². The van der Waals surface area contributed by atoms with Gasteiger partial charge in [0, 0.05) is 23.2 Å². The Bertz CT molecular complexity index is 1140. The van der Waals surface area contributed by atoms with E-state index in [1.165, 1.54) is 12.1 Å². The summed E-state index contributed by atoms with van der Waals surface area (Å²) in [5, 5.41) is 19.9. The van der Waals surface area contributed by atoms with Gasteiger partial charge >= 0.3 is 0 Å². The minimum absolute atomic E-state index is 0.105. The molecule has 2 aromatic carbocycles. The SMILES string of the molecule is CC(C)c1nc(CN2C(=O)C3(COc4cc(O)c(O)cc43)c3ccccc32)co1. The highest BCUT2D eigenvalue weighted by Crippen LogP contribution is 2.54. The molecule has 0 saturated heterocycles. The highest BCUT2D eigenvalue weighted by atomic mass is 16.5. The summed E-state index contributed by atoms with van der Waals surface area (Å²) < 4.78 is 11.3. The van der Waals surface area contributed by atoms with Crippen LogP contribution in [0.15, 0.2) is 47.1 Å². The number of rotatable bonds is 3. The molecule has 1 amide bonds. The largest absolute Gasteiger partial charge is 0.504 e. The second-order valence-electron chi connectivity index (χ2n) is 7.77. The van der Waals surface area contributed by atoms with Gasteiger partial charge in [-0.3, -0.25) is 4.79 Å². The number of hydrogen-bond donors (Lipinski definition) is 2. The minimum Gasteiger partial charge on any atom is -0.504 e. The quantitative estimate of drug-likeness (QED) is 0.663. The van der Waals surface area contributed by atoms with Crippen LogP contribution in [0.2, 0.25) is 0 Å². The van der Waals surface area contributed by atoms with E-state index in [9.17, 15) is 15.0 Å². The van der Waals surface area contributed by atoms with Crippen LogP contribution in [-0.4, -0.2) is 27.7 Å². The van der Waals surface area contributed by atoms with E-state index in [2.05, 4.69) is 4.98 Å². The monoisotopic (exact) mass is 392 g/mol. The van der Waals surface area contributed by atoms with Crippen LogP contribution in [0.5, 0.6) is 17.2 Å². The van der Waals surface area contributed by atoms with Crippen LogP contribution in [0.1, 0.15) is 42.5 Å². The van der Waals surface area contributed by atoms with Crippen LogP contribution in [0.3, 0.4) is 0 Å². The summed E-state index contributed by atoms with van der Waals surface area (Å²) in [5.74, 6) is 0.466. The van der Waals surface area contributed by atoms with E-state index >= 15 is 0 Å². The topological polar surface area (TPSA) is 96.0 Å². The molecule has 2 aliphatic rings. The number of para-hydroxylation sites is 1. The Morgan fingerprint density at radius 3 is 2.69 bits per heavy atom. The number of phenols is 2. The summed E-state index contributed by atoms with van der Waals surface area (Å²) >= 11 is 0. The number of amides is 1. The fraction of sp³-hybridized carbons (Fsp3) is 0.273. The number of aromatic nitrogens is 1. The molecule has 1 atom stereocenters. The van der Waals surface area contributed by atoms with Crippen LogP contribution >= 0.6 is 0 Å². The third-order valence-electron chi connectivity index (χ3n) is 5.63. The number of aromatic hydroxyl groups is 2. The number of phenolic OH excluding ortho intramolecular Hbond substituents is 2. The van der Waals surface area contributed by atoms with Crippen molar-refractivity contribution in [3.63, 3.8) is 0 Å². The van der Waals surface area contributed by atoms with Gasteiger partial charge in [-0.15, -0.1) is 0 Å². The van der Waals surface area contributed by atoms with E-state index in [0.717, 1.165) is 11.3 Å². The molecule has 29 heavy (non-hydrogen) atoms. The van der Waals surface area contributed by atoms with Crippen LogP contribution < -0.4 is 9.64 Å². The molecule has 2 N–H and O–H groups in total. The van der Waals surface area contributed by atoms with Gasteiger partial charge in [-0.1, -0.05) is 32.0 Å². The standard InChI is InChI=1S/C22H20N2O5/c1-12(2)20-23-13(10-28-20)9-24-16-6-4-3-5-14(16)22(21(24)27)11-29-19-8-18(26)17(25)7-15(19)22/h3-8,10,12,25-26H,9,11H2,1-2H3. The summed E-state index contributed by atoms with van der Waals surface area (Å²) in [6.07, 6.45) is 1.58. The lowest BCUT2D eigenvalue weighted by molar-refractivity contribution is -0.122. The molecule has 7 heteroatoms. The molecule has 7 nitrogen and oxygen atoms in total. The highest BCUT2D eigenvalue weighted by Gasteiger charge is 2.57. The number of carbonyl (C=O) groups excluding carboxylic acids is 1. The molecule has 0 radical (unpaired) electrons. The molecule has 0 saturated carbocycles. The van der Waals surface area contributed by atoms with Crippen molar-refractivity contribution in [3.8, 4) is 17.2 Å². The lowest BCUT2D eigenvalue weighted by Crippen LogP contribution is -2.42. The lowest BCUT2D eigenvalue weighted by atomic mass is 9.77. The molecular weight excluding hydrogens is 372 g/mol. The number of carbonyl (C=O) groups is 1. The number of benzene rings is 2. The van der Waals surface area contributed by atoms with E-state index in [1.54, 1.807) is 11.2 Å². The second-order valence-corrected chi connectivity index (χ2v) is 7.77. The van der Waals surface area contributed by atoms with Crippen LogP contribution in [0.25, 0.3) is 0 Å². The summed E-state index contributed by atoms with van der Waals surface area (Å²) in [4.78, 5) is 19.9. The summed E-state index contributed by atoms with van der Waals surface area (Å²) in [6.45, 7) is 4.37. The van der Waals surface area contributed by atoms with Crippen molar-refractivity contribution in [1.82, 2.24) is 4.98 Å². The number of oxazole rings is 1. The van der Waals surface area contributed by atoms with Crippen molar-refractivity contribution in [3.05, 3.63) is 65.4 Å². The molecule has 1 aromatic heterocycles. The first-order valence-corrected chi connectivity index (χ1v) is 9.47. The Kier molecular flexibility index (Phi) is 3.65. The van der Waals surface area contributed by atoms with Crippen molar-refractivity contribution in [2.24, 2.45) is 0 Å². The molecule has 1 unspecified atom stereocenters. The Balaban J connectivity index is 1.62. The predicted octanol–water partition coefficient (Wildman–Crippen LogP) is 3.43. The molecule has 0 bridgehead atoms. The fourth-order valence-electron chi connectivity index (χ4n) is 4.18. The van der Waals surface area contributed by atoms with Gasteiger partial charge in [0.15, 0.2) is 17.4 Å². The van der Waals surface area contributed by atoms with Crippen molar-refractivity contribution in [2.75, 3.05) is 11.5 Å². The molecule has 5 rings (SSSR count). The lowest BCUT2D eigenvalue weighted by Gasteiger charge is -2.22. The summed E-state index contributed by atoms with van der Waals surface area (Å²) in [5.41, 5.74) is 1.73. The number of anilines is 1. The average Bonchev–Trinajstić information content (AvgIpc) is 3.37. The van der Waals surface area contributed by atoms with E-state index in [1.807, 2.05) is 38.1 Å². The van der Waals surface area contributed by atoms with Crippen LogP contribution in [0, 0.1) is 0 Å². The Labute approximate surface area is 167 Å². The van der Waals surface area contributed by atoms with Gasteiger partial charge in [-0.05, 0) is 17.7 Å². The zero-order valence-corrected chi connectivity index (χ0v) is 16.0. The molecule has 3 aromatic rings. The Morgan fingerprint density at radius 2 is 1.93 bits per heavy atom. The predicted molar refractivity (Wildman–Crippen MR) is 104 cm³/mol. The first kappa shape index (κ1) is 17.6. The van der Waals surface area contributed by atoms with Gasteiger partial charge in [0.25, 0.3) is 0 Å². The molecule has 3 heterocycles. The molecule has 0 fully saturated rings. The summed E-state index contributed by atoms with van der Waals surface area (Å²) in [6, 6.07) is 10.3. The van der Waals surface area contributed by atoms with Gasteiger partial charge in [0.2, 0.25) is 5.91 Å². The van der Waals surface area contributed by atoms with Crippen molar-refractivity contribution < 1.29 is 24.2 Å². The van der Waals surface area contributed by atoms with Gasteiger partial charge in [-0.2, -0.15) is 0 Å². The molecular formula is C22H20N2O5. The van der Waals surface area contributed by atoms with Gasteiger partial charge in [-0.25, -0.2) is 4.98 Å². The van der Waals surface area contributed by atoms with Gasteiger partial charge in [0.1, 0.15) is 24.0 Å². The van der Waals surface area contributed by atoms with Gasteiger partial charge in [0.05, 0.1) is 12.2 Å². The maximum atomic E-state index is 13.7. The Hall–Kier alpha value is -3.48. The first-order chi connectivity index (χ1) is 13.9. The molecule has 2 aliphatic heterocycles. The number of ether oxygens (including phenoxy) is 1. The fourth-order valence-corrected chi connectivity index (χ4v) is 4.18. The summed E-state index contributed by atoms with van der Waals surface area (Å²) in [7, 11) is 0. The molecule has 1 spiro atoms. The van der Waals surface area contributed by atoms with E-state index in [4.69, 9.17) is 9.15 Å². The maximum Gasteiger partial charge on any atom is 0.246 e. The zero-order chi connectivity index (χ0) is 20.3. The zero-order valence-electron chi connectivity index (χ0n) is 16.0. The first-order valence-electron chi connectivity index (χ1n) is 9.47. The van der Waals surface area contributed by atoms with E-state index in [-0.39, 0.29) is 36.5 Å². The van der Waals surface area contributed by atoms with E-state index in [0.29, 0.717) is 22.9 Å². The van der Waals surface area contributed by atoms with Crippen LogP contribution in [-0.2, 0) is 16.8 Å². The van der Waals surface area contributed by atoms with E-state index < -0.39 is 5.41 Å². The molecule has 148 valence electrons. The Morgan fingerprint density at radius 1 is 1.17 bits per heavy atom. The van der Waals surface area contributed by atoms with Crippen molar-refractivity contribution >= 4 is 11.6 Å². The highest BCUT2D eigenvalue weighted by molar-refractivity contribution is 6.11. The number of nitrogens with zero attached hydrogens (tertiary/aromatic N) is 2. The second kappa shape index (κ2) is 6.01. The van der Waals surface area contributed by atoms with Crippen LogP contribution in [0.4, 0.5) is 5.69 Å². The average molecular weight is 392 g/mol.